The zero-order chi connectivity index (χ0) is 13.0. The number of nitrogens with one attached hydrogen (secondary N) is 1. The first kappa shape index (κ1) is 11.9. The predicted molar refractivity (Wildman–Crippen MR) is 66.1 cm³/mol. The van der Waals surface area contributed by atoms with Crippen LogP contribution in [0.2, 0.25) is 0 Å². The molecule has 0 spiro atoms. The van der Waals surface area contributed by atoms with Crippen LogP contribution < -0.4 is 15.8 Å². The summed E-state index contributed by atoms with van der Waals surface area (Å²) in [6, 6.07) is 7.15. The molecule has 2 rings (SSSR count). The number of hydrogen-bond acceptors (Lipinski definition) is 5. The molecule has 0 radical (unpaired) electrons. The lowest BCUT2D eigenvalue weighted by Gasteiger charge is -2.09. The summed E-state index contributed by atoms with van der Waals surface area (Å²) in [6.45, 7) is -0.00471. The van der Waals surface area contributed by atoms with E-state index in [9.17, 15) is 4.79 Å². The topological polar surface area (TPSA) is 95.1 Å². The maximum atomic E-state index is 11.8. The fourth-order valence-electron chi connectivity index (χ4n) is 1.45. The van der Waals surface area contributed by atoms with E-state index in [0.29, 0.717) is 11.4 Å². The molecular weight excluding hydrogens is 234 g/mol. The number of nitrogen functional groups attached to an aromatic ring is 1. The molecule has 0 aliphatic carbocycles. The van der Waals surface area contributed by atoms with E-state index < -0.39 is 0 Å². The Balaban J connectivity index is 2.03. The van der Waals surface area contributed by atoms with Gasteiger partial charge in [-0.25, -0.2) is 0 Å². The molecule has 2 aromatic rings. The maximum Gasteiger partial charge on any atom is 0.248 e. The Hall–Kier alpha value is -2.57. The summed E-state index contributed by atoms with van der Waals surface area (Å²) in [5.74, 6) is 0.619. The molecule has 0 fully saturated rings. The van der Waals surface area contributed by atoms with Crippen LogP contribution in [0.5, 0.6) is 5.75 Å². The molecule has 0 saturated carbocycles. The van der Waals surface area contributed by atoms with Crippen LogP contribution in [0.25, 0.3) is 0 Å². The first-order valence-electron chi connectivity index (χ1n) is 5.27. The van der Waals surface area contributed by atoms with Gasteiger partial charge in [0.2, 0.25) is 5.91 Å². The molecule has 0 aliphatic rings. The van der Waals surface area contributed by atoms with Gasteiger partial charge in [0.25, 0.3) is 0 Å². The third kappa shape index (κ3) is 2.76. The van der Waals surface area contributed by atoms with Gasteiger partial charge in [0.05, 0.1) is 19.0 Å². The fourth-order valence-corrected chi connectivity index (χ4v) is 1.45. The molecular formula is C11H13N5O2. The highest BCUT2D eigenvalue weighted by molar-refractivity contribution is 5.91. The number of para-hydroxylation sites is 2. The molecule has 0 saturated heterocycles. The lowest BCUT2D eigenvalue weighted by Crippen LogP contribution is -2.20. The lowest BCUT2D eigenvalue weighted by molar-refractivity contribution is -0.117. The SMILES string of the molecule is COc1ccccc1NC(=O)Cn1ncc(N)n1. The van der Waals surface area contributed by atoms with E-state index in [0.717, 1.165) is 0 Å². The highest BCUT2D eigenvalue weighted by Crippen LogP contribution is 2.22. The molecule has 0 unspecified atom stereocenters. The number of benzene rings is 1. The monoisotopic (exact) mass is 247 g/mol. The molecule has 0 atom stereocenters. The van der Waals surface area contributed by atoms with Gasteiger partial charge in [-0.1, -0.05) is 12.1 Å². The molecule has 3 N–H and O–H groups in total. The Morgan fingerprint density at radius 3 is 2.94 bits per heavy atom. The summed E-state index contributed by atoms with van der Waals surface area (Å²) >= 11 is 0. The summed E-state index contributed by atoms with van der Waals surface area (Å²) in [5, 5.41) is 10.4. The minimum absolute atomic E-state index is 0.00471. The Morgan fingerprint density at radius 1 is 1.50 bits per heavy atom. The number of rotatable bonds is 4. The largest absolute Gasteiger partial charge is 0.495 e. The van der Waals surface area contributed by atoms with Gasteiger partial charge in [0.1, 0.15) is 12.3 Å². The van der Waals surface area contributed by atoms with Crippen molar-refractivity contribution < 1.29 is 9.53 Å². The zero-order valence-corrected chi connectivity index (χ0v) is 9.83. The van der Waals surface area contributed by atoms with Crippen LogP contribution in [0, 0.1) is 0 Å². The van der Waals surface area contributed by atoms with Crippen molar-refractivity contribution in [3.05, 3.63) is 30.5 Å². The molecule has 94 valence electrons. The molecule has 1 heterocycles. The Morgan fingerprint density at radius 2 is 2.28 bits per heavy atom. The number of nitrogens with zero attached hydrogens (tertiary/aromatic N) is 3. The Kier molecular flexibility index (Phi) is 3.42. The number of aromatic nitrogens is 3. The van der Waals surface area contributed by atoms with Gasteiger partial charge in [-0.05, 0) is 12.1 Å². The highest BCUT2D eigenvalue weighted by Gasteiger charge is 2.08. The molecule has 0 bridgehead atoms. The number of hydrogen-bond donors (Lipinski definition) is 2. The van der Waals surface area contributed by atoms with Gasteiger partial charge in [-0.2, -0.15) is 9.90 Å². The van der Waals surface area contributed by atoms with Crippen molar-refractivity contribution in [3.63, 3.8) is 0 Å². The Labute approximate surface area is 104 Å². The van der Waals surface area contributed by atoms with Crippen molar-refractivity contribution in [1.82, 2.24) is 15.0 Å². The molecule has 1 aromatic carbocycles. The predicted octanol–water partition coefficient (Wildman–Crippen LogP) is 0.508. The molecule has 0 aliphatic heterocycles. The molecule has 7 nitrogen and oxygen atoms in total. The number of anilines is 2. The van der Waals surface area contributed by atoms with Gasteiger partial charge >= 0.3 is 0 Å². The molecule has 18 heavy (non-hydrogen) atoms. The minimum atomic E-state index is -0.255. The van der Waals surface area contributed by atoms with Crippen LogP contribution in [0.3, 0.4) is 0 Å². The first-order chi connectivity index (χ1) is 8.69. The van der Waals surface area contributed by atoms with E-state index in [1.54, 1.807) is 19.2 Å². The first-order valence-corrected chi connectivity index (χ1v) is 5.27. The van der Waals surface area contributed by atoms with Crippen LogP contribution in [-0.2, 0) is 11.3 Å². The summed E-state index contributed by atoms with van der Waals surface area (Å²) in [6.07, 6.45) is 1.39. The molecule has 1 aromatic heterocycles. The second-order valence-corrected chi connectivity index (χ2v) is 3.55. The van der Waals surface area contributed by atoms with Crippen molar-refractivity contribution in [1.29, 1.82) is 0 Å². The van der Waals surface area contributed by atoms with Gasteiger partial charge in [0.15, 0.2) is 5.82 Å². The quantitative estimate of drug-likeness (QED) is 0.820. The average molecular weight is 247 g/mol. The van der Waals surface area contributed by atoms with E-state index in [1.165, 1.54) is 11.0 Å². The van der Waals surface area contributed by atoms with E-state index in [1.807, 2.05) is 12.1 Å². The summed E-state index contributed by atoms with van der Waals surface area (Å²) in [4.78, 5) is 13.0. The van der Waals surface area contributed by atoms with Crippen molar-refractivity contribution >= 4 is 17.4 Å². The third-order valence-corrected chi connectivity index (χ3v) is 2.22. The summed E-state index contributed by atoms with van der Waals surface area (Å²) in [7, 11) is 1.54. The van der Waals surface area contributed by atoms with Crippen LogP contribution >= 0.6 is 0 Å². The van der Waals surface area contributed by atoms with Crippen molar-refractivity contribution in [2.24, 2.45) is 0 Å². The second kappa shape index (κ2) is 5.17. The van der Waals surface area contributed by atoms with Crippen molar-refractivity contribution in [2.45, 2.75) is 6.54 Å². The highest BCUT2D eigenvalue weighted by atomic mass is 16.5. The van der Waals surface area contributed by atoms with Crippen molar-refractivity contribution in [2.75, 3.05) is 18.2 Å². The van der Waals surface area contributed by atoms with Gasteiger partial charge < -0.3 is 15.8 Å². The summed E-state index contributed by atoms with van der Waals surface area (Å²) < 4.78 is 5.13. The number of ether oxygens (including phenoxy) is 1. The number of carbonyl (C=O) groups is 1. The van der Waals surface area contributed by atoms with E-state index in [-0.39, 0.29) is 18.3 Å². The van der Waals surface area contributed by atoms with E-state index >= 15 is 0 Å². The van der Waals surface area contributed by atoms with E-state index in [2.05, 4.69) is 15.5 Å². The molecule has 1 amide bonds. The van der Waals surface area contributed by atoms with Crippen LogP contribution in [-0.4, -0.2) is 28.0 Å². The number of carbonyl (C=O) groups excluding carboxylic acids is 1. The van der Waals surface area contributed by atoms with Gasteiger partial charge in [-0.15, -0.1) is 5.10 Å². The van der Waals surface area contributed by atoms with E-state index in [4.69, 9.17) is 10.5 Å². The van der Waals surface area contributed by atoms with Crippen LogP contribution in [0.1, 0.15) is 0 Å². The number of nitrogens with two attached hydrogens (primary N) is 1. The average Bonchev–Trinajstić information content (AvgIpc) is 2.75. The minimum Gasteiger partial charge on any atom is -0.495 e. The van der Waals surface area contributed by atoms with Gasteiger partial charge in [-0.3, -0.25) is 4.79 Å². The summed E-state index contributed by atoms with van der Waals surface area (Å²) in [5.41, 5.74) is 6.01. The number of methoxy groups -OCH3 is 1. The Bertz CT molecular complexity index is 552. The normalized spacial score (nSPS) is 10.1. The van der Waals surface area contributed by atoms with Gasteiger partial charge in [0, 0.05) is 0 Å². The second-order valence-electron chi connectivity index (χ2n) is 3.55. The standard InChI is InChI=1S/C11H13N5O2/c1-18-9-5-3-2-4-8(9)14-11(17)7-16-13-6-10(12)15-16/h2-6H,7H2,1H3,(H2,12,15)(H,14,17). The fraction of sp³-hybridized carbons (Fsp3) is 0.182. The zero-order valence-electron chi connectivity index (χ0n) is 9.83. The van der Waals surface area contributed by atoms with Crippen molar-refractivity contribution in [3.8, 4) is 5.75 Å². The smallest absolute Gasteiger partial charge is 0.248 e. The lowest BCUT2D eigenvalue weighted by atomic mass is 10.3. The van der Waals surface area contributed by atoms with Crippen LogP contribution in [0.15, 0.2) is 30.5 Å². The number of amides is 1. The molecule has 7 heteroatoms. The van der Waals surface area contributed by atoms with Crippen LogP contribution in [0.4, 0.5) is 11.5 Å². The maximum absolute atomic E-state index is 11.8. The third-order valence-electron chi connectivity index (χ3n) is 2.22.